The maximum absolute atomic E-state index is 6.77. The van der Waals surface area contributed by atoms with Gasteiger partial charge in [0, 0.05) is 16.9 Å². The van der Waals surface area contributed by atoms with Gasteiger partial charge in [0.2, 0.25) is 0 Å². The number of allylic oxidation sites excluding steroid dienone is 2. The van der Waals surface area contributed by atoms with Gasteiger partial charge in [-0.3, -0.25) is 0 Å². The molecule has 2 spiro atoms. The van der Waals surface area contributed by atoms with Crippen molar-refractivity contribution < 1.29 is 0 Å². The Hall–Kier alpha value is 0.900. The molecule has 2 bridgehead atoms. The van der Waals surface area contributed by atoms with Crippen LogP contribution < -0.4 is 0 Å². The van der Waals surface area contributed by atoms with E-state index >= 15 is 0 Å². The summed E-state index contributed by atoms with van der Waals surface area (Å²) in [6.45, 7) is 0. The van der Waals surface area contributed by atoms with Gasteiger partial charge in [-0.1, -0.05) is 17.7 Å². The quantitative estimate of drug-likeness (QED) is 0.527. The molecule has 6 aliphatic carbocycles. The minimum Gasteiger partial charge on any atom is -0.117 e. The van der Waals surface area contributed by atoms with E-state index in [1.165, 1.54) is 25.7 Å². The molecule has 5 saturated carbocycles. The molecule has 0 aromatic rings. The van der Waals surface area contributed by atoms with E-state index in [-0.39, 0.29) is 5.38 Å². The third-order valence-electron chi connectivity index (χ3n) is 7.92. The smallest absolute Gasteiger partial charge is 0.117 e. The minimum absolute atomic E-state index is 0.0421. The summed E-state index contributed by atoms with van der Waals surface area (Å²) in [5.41, 5.74) is 0.892. The van der Waals surface area contributed by atoms with Crippen molar-refractivity contribution in [2.75, 3.05) is 0 Å². The van der Waals surface area contributed by atoms with E-state index < -0.39 is 4.33 Å². The van der Waals surface area contributed by atoms with Crippen molar-refractivity contribution in [1.82, 2.24) is 0 Å². The van der Waals surface area contributed by atoms with Gasteiger partial charge in [0.25, 0.3) is 0 Å². The van der Waals surface area contributed by atoms with Gasteiger partial charge in [0.05, 0.1) is 5.38 Å². The van der Waals surface area contributed by atoms with Crippen molar-refractivity contribution in [1.29, 1.82) is 0 Å². The summed E-state index contributed by atoms with van der Waals surface area (Å²) in [6, 6.07) is 0. The highest BCUT2D eigenvalue weighted by atomic mass is 35.5. The van der Waals surface area contributed by atoms with Crippen molar-refractivity contribution in [2.24, 2.45) is 46.3 Å². The molecule has 108 valence electrons. The zero-order valence-electron chi connectivity index (χ0n) is 11.0. The van der Waals surface area contributed by atoms with Gasteiger partial charge < -0.3 is 0 Å². The fraction of sp³-hybridized carbons (Fsp3) is 0.875. The Labute approximate surface area is 139 Å². The van der Waals surface area contributed by atoms with Crippen LogP contribution in [0.15, 0.2) is 11.1 Å². The number of rotatable bonds is 0. The van der Waals surface area contributed by atoms with Crippen molar-refractivity contribution in [3.8, 4) is 0 Å². The minimum atomic E-state index is -0.451. The molecular weight excluding hydrogens is 334 g/mol. The van der Waals surface area contributed by atoms with Crippen LogP contribution in [0.4, 0.5) is 0 Å². The second kappa shape index (κ2) is 3.10. The first-order chi connectivity index (χ1) is 9.45. The summed E-state index contributed by atoms with van der Waals surface area (Å²) >= 11 is 26.6. The average Bonchev–Trinajstić information content (AvgIpc) is 3.23. The van der Waals surface area contributed by atoms with Gasteiger partial charge in [0.1, 0.15) is 4.33 Å². The highest BCUT2D eigenvalue weighted by Gasteiger charge is 2.90. The molecule has 0 nitrogen and oxygen atoms in total. The van der Waals surface area contributed by atoms with E-state index in [4.69, 9.17) is 46.4 Å². The first-order valence-corrected chi connectivity index (χ1v) is 9.41. The molecule has 0 radical (unpaired) electrons. The van der Waals surface area contributed by atoms with Crippen LogP contribution in [0, 0.1) is 46.3 Å². The lowest BCUT2D eigenvalue weighted by Crippen LogP contribution is -2.35. The molecule has 5 fully saturated rings. The van der Waals surface area contributed by atoms with Crippen molar-refractivity contribution in [2.45, 2.75) is 35.4 Å². The maximum Gasteiger partial charge on any atom is 0.125 e. The van der Waals surface area contributed by atoms with Gasteiger partial charge in [-0.15, -0.1) is 34.8 Å². The van der Waals surface area contributed by atoms with E-state index in [9.17, 15) is 0 Å². The molecule has 0 heterocycles. The Kier molecular flexibility index (Phi) is 1.91. The molecule has 4 heteroatoms. The standard InChI is InChI=1S/C16H16Cl4/c17-7-5-6-8-9(11(12(7)18)14(6)1-2-14)15(3-4-15)13-10(8)16(13,19)20/h5-6,8-13H,1-4H2/t6-,8-,9+,10+,11-,12+,13-/m0/s1. The first-order valence-electron chi connectivity index (χ1n) is 7.84. The third-order valence-corrected chi connectivity index (χ3v) is 9.88. The molecule has 0 aromatic heterocycles. The molecular formula is C16H16Cl4. The Balaban J connectivity index is 1.56. The predicted octanol–water partition coefficient (Wildman–Crippen LogP) is 5.20. The molecule has 0 aliphatic heterocycles. The lowest BCUT2D eigenvalue weighted by Gasteiger charge is -2.36. The fourth-order valence-corrected chi connectivity index (χ4v) is 9.05. The van der Waals surface area contributed by atoms with Crippen LogP contribution in [-0.2, 0) is 0 Å². The van der Waals surface area contributed by atoms with Gasteiger partial charge in [-0.05, 0) is 60.2 Å². The highest BCUT2D eigenvalue weighted by Crippen LogP contribution is 2.92. The highest BCUT2D eigenvalue weighted by molar-refractivity contribution is 6.51. The van der Waals surface area contributed by atoms with Crippen molar-refractivity contribution in [3.63, 3.8) is 0 Å². The molecule has 0 unspecified atom stereocenters. The van der Waals surface area contributed by atoms with E-state index in [2.05, 4.69) is 6.08 Å². The van der Waals surface area contributed by atoms with Crippen molar-refractivity contribution in [3.05, 3.63) is 11.1 Å². The van der Waals surface area contributed by atoms with Crippen LogP contribution in [0.5, 0.6) is 0 Å². The Morgan fingerprint density at radius 3 is 2.20 bits per heavy atom. The summed E-state index contributed by atoms with van der Waals surface area (Å²) < 4.78 is -0.451. The van der Waals surface area contributed by atoms with Crippen LogP contribution >= 0.6 is 46.4 Å². The molecule has 7 atom stereocenters. The second-order valence-corrected chi connectivity index (χ2v) is 10.6. The zero-order valence-corrected chi connectivity index (χ0v) is 14.0. The molecule has 20 heavy (non-hydrogen) atoms. The van der Waals surface area contributed by atoms with Crippen LogP contribution in [0.2, 0.25) is 0 Å². The van der Waals surface area contributed by atoms with Gasteiger partial charge >= 0.3 is 0 Å². The van der Waals surface area contributed by atoms with Gasteiger partial charge in [0.15, 0.2) is 0 Å². The lowest BCUT2D eigenvalue weighted by atomic mass is 9.72. The van der Waals surface area contributed by atoms with E-state index in [0.29, 0.717) is 40.4 Å². The van der Waals surface area contributed by atoms with E-state index in [1.54, 1.807) is 0 Å². The molecule has 0 saturated heterocycles. The molecule has 6 rings (SSSR count). The van der Waals surface area contributed by atoms with E-state index in [1.807, 2.05) is 0 Å². The van der Waals surface area contributed by atoms with Crippen LogP contribution in [-0.4, -0.2) is 9.71 Å². The fourth-order valence-electron chi connectivity index (χ4n) is 7.18. The van der Waals surface area contributed by atoms with Gasteiger partial charge in [-0.2, -0.15) is 0 Å². The molecule has 6 aliphatic rings. The van der Waals surface area contributed by atoms with Crippen molar-refractivity contribution >= 4 is 46.4 Å². The monoisotopic (exact) mass is 348 g/mol. The largest absolute Gasteiger partial charge is 0.125 e. The predicted molar refractivity (Wildman–Crippen MR) is 82.3 cm³/mol. The molecule has 0 aromatic carbocycles. The molecule has 0 amide bonds. The normalized spacial score (nSPS) is 60.2. The maximum atomic E-state index is 6.77. The Bertz CT molecular complexity index is 571. The first kappa shape index (κ1) is 12.3. The number of alkyl halides is 3. The SMILES string of the molecule is ClC1=C[C@H]2[C@@H]3[C@@H]4[C@H](C4(Cl)Cl)C4(CC4)[C@H]3[C@@H]([C@@H]1Cl)C21CC1. The van der Waals surface area contributed by atoms with Gasteiger partial charge in [-0.25, -0.2) is 0 Å². The molecule has 0 N–H and O–H groups in total. The lowest BCUT2D eigenvalue weighted by molar-refractivity contribution is 0.182. The average molecular weight is 350 g/mol. The van der Waals surface area contributed by atoms with Crippen LogP contribution in [0.1, 0.15) is 25.7 Å². The number of halogens is 4. The number of fused-ring (bicyclic) bond motifs is 7. The van der Waals surface area contributed by atoms with Crippen LogP contribution in [0.3, 0.4) is 0 Å². The summed E-state index contributed by atoms with van der Waals surface area (Å²) in [5, 5.41) is 0.941. The topological polar surface area (TPSA) is 0 Å². The number of hydrogen-bond acceptors (Lipinski definition) is 0. The second-order valence-electron chi connectivity index (χ2n) is 8.25. The van der Waals surface area contributed by atoms with E-state index in [0.717, 1.165) is 11.0 Å². The number of hydrogen-bond donors (Lipinski definition) is 0. The zero-order chi connectivity index (χ0) is 13.7. The Morgan fingerprint density at radius 1 is 0.950 bits per heavy atom. The van der Waals surface area contributed by atoms with Crippen LogP contribution in [0.25, 0.3) is 0 Å². The Morgan fingerprint density at radius 2 is 1.60 bits per heavy atom. The summed E-state index contributed by atoms with van der Waals surface area (Å²) in [4.78, 5) is 0. The third kappa shape index (κ3) is 1.02. The summed E-state index contributed by atoms with van der Waals surface area (Å²) in [6.07, 6.45) is 7.61. The summed E-state index contributed by atoms with van der Waals surface area (Å²) in [5.74, 6) is 3.65. The summed E-state index contributed by atoms with van der Waals surface area (Å²) in [7, 11) is 0.